The van der Waals surface area contributed by atoms with E-state index >= 15 is 0 Å². The summed E-state index contributed by atoms with van der Waals surface area (Å²) in [5.74, 6) is 0. The van der Waals surface area contributed by atoms with Gasteiger partial charge in [-0.1, -0.05) is 163 Å². The van der Waals surface area contributed by atoms with E-state index in [-0.39, 0.29) is 0 Å². The molecule has 0 atom stereocenters. The van der Waals surface area contributed by atoms with Gasteiger partial charge < -0.3 is 9.13 Å². The first-order valence-corrected chi connectivity index (χ1v) is 22.2. The van der Waals surface area contributed by atoms with E-state index in [2.05, 4.69) is 228 Å². The molecule has 0 bridgehead atoms. The number of benzene rings is 10. The van der Waals surface area contributed by atoms with Crippen LogP contribution in [-0.2, 0) is 5.41 Å². The Morgan fingerprint density at radius 3 is 1.61 bits per heavy atom. The van der Waals surface area contributed by atoms with Crippen LogP contribution in [0.1, 0.15) is 22.3 Å². The van der Waals surface area contributed by atoms with Crippen LogP contribution < -0.4 is 0 Å². The summed E-state index contributed by atoms with van der Waals surface area (Å²) in [7, 11) is 0. The standard InChI is InChI=1S/C59H36N2S/c1-2-16-38(17-3-1)60-52-26-12-7-21-43(52)46-34-37(30-32-55(46)60)39-31-33-54(42-20-5-4-18-40(39)42)61-53-27-13-8-22-44(53)47-35-45-41-19-6-9-23-48(41)59(51(45)36-56(47)61)49-24-10-14-28-57(49)62-58-29-15-11-25-50(58)59/h1-36H. The van der Waals surface area contributed by atoms with Gasteiger partial charge in [-0.25, -0.2) is 0 Å². The molecule has 0 fully saturated rings. The highest BCUT2D eigenvalue weighted by Gasteiger charge is 2.50. The molecule has 2 nitrogen and oxygen atoms in total. The number of hydrogen-bond donors (Lipinski definition) is 0. The second-order valence-corrected chi connectivity index (χ2v) is 17.8. The predicted octanol–water partition coefficient (Wildman–Crippen LogP) is 15.5. The number of aromatic nitrogens is 2. The monoisotopic (exact) mass is 804 g/mol. The fraction of sp³-hybridized carbons (Fsp3) is 0.0169. The molecule has 2 aliphatic rings. The topological polar surface area (TPSA) is 9.86 Å². The molecule has 0 saturated heterocycles. The van der Waals surface area contributed by atoms with Crippen LogP contribution in [0.15, 0.2) is 228 Å². The highest BCUT2D eigenvalue weighted by atomic mass is 32.2. The molecule has 1 aliphatic heterocycles. The number of para-hydroxylation sites is 3. The Bertz CT molecular complexity index is 3800. The zero-order valence-electron chi connectivity index (χ0n) is 33.6. The molecule has 12 aromatic rings. The summed E-state index contributed by atoms with van der Waals surface area (Å²) in [6, 6.07) is 81.5. The van der Waals surface area contributed by atoms with Crippen LogP contribution in [0.4, 0.5) is 0 Å². The third kappa shape index (κ3) is 4.45. The largest absolute Gasteiger partial charge is 0.309 e. The van der Waals surface area contributed by atoms with Crippen molar-refractivity contribution in [2.45, 2.75) is 15.2 Å². The molecule has 3 heteroatoms. The zero-order chi connectivity index (χ0) is 40.5. The molecular formula is C59H36N2S. The number of fused-ring (bicyclic) bond motifs is 16. The van der Waals surface area contributed by atoms with E-state index in [1.54, 1.807) is 0 Å². The summed E-state index contributed by atoms with van der Waals surface area (Å²) in [5, 5.41) is 7.50. The van der Waals surface area contributed by atoms with Crippen molar-refractivity contribution in [3.8, 4) is 33.6 Å². The van der Waals surface area contributed by atoms with Crippen molar-refractivity contribution in [1.82, 2.24) is 9.13 Å². The van der Waals surface area contributed by atoms with E-state index in [0.717, 1.165) is 0 Å². The molecule has 3 heterocycles. The lowest BCUT2D eigenvalue weighted by atomic mass is 9.67. The molecule has 14 rings (SSSR count). The lowest BCUT2D eigenvalue weighted by Gasteiger charge is -2.39. The van der Waals surface area contributed by atoms with E-state index in [1.807, 2.05) is 11.8 Å². The first kappa shape index (κ1) is 34.2. The fourth-order valence-electron chi connectivity index (χ4n) is 11.3. The normalized spacial score (nSPS) is 13.5. The Morgan fingerprint density at radius 1 is 0.306 bits per heavy atom. The van der Waals surface area contributed by atoms with Gasteiger partial charge in [0.2, 0.25) is 0 Å². The highest BCUT2D eigenvalue weighted by molar-refractivity contribution is 7.99. The lowest BCUT2D eigenvalue weighted by Crippen LogP contribution is -2.31. The second-order valence-electron chi connectivity index (χ2n) is 16.8. The van der Waals surface area contributed by atoms with E-state index in [1.165, 1.54) is 120 Å². The highest BCUT2D eigenvalue weighted by Crippen LogP contribution is 2.63. The molecule has 0 amide bonds. The summed E-state index contributed by atoms with van der Waals surface area (Å²) in [4.78, 5) is 2.64. The minimum absolute atomic E-state index is 0.450. The lowest BCUT2D eigenvalue weighted by molar-refractivity contribution is 0.723. The van der Waals surface area contributed by atoms with Gasteiger partial charge in [-0.15, -0.1) is 0 Å². The third-order valence-corrected chi connectivity index (χ3v) is 14.9. The van der Waals surface area contributed by atoms with Gasteiger partial charge in [-0.05, 0) is 117 Å². The molecule has 1 aliphatic carbocycles. The molecular weight excluding hydrogens is 769 g/mol. The summed E-state index contributed by atoms with van der Waals surface area (Å²) < 4.78 is 4.93. The van der Waals surface area contributed by atoms with E-state index in [0.29, 0.717) is 0 Å². The molecule has 1 spiro atoms. The molecule has 0 saturated carbocycles. The summed E-state index contributed by atoms with van der Waals surface area (Å²) in [6.07, 6.45) is 0. The van der Waals surface area contributed by atoms with E-state index in [4.69, 9.17) is 0 Å². The smallest absolute Gasteiger partial charge is 0.0736 e. The zero-order valence-corrected chi connectivity index (χ0v) is 34.4. The van der Waals surface area contributed by atoms with Gasteiger partial charge in [0.15, 0.2) is 0 Å². The van der Waals surface area contributed by atoms with Crippen LogP contribution in [0.2, 0.25) is 0 Å². The average molecular weight is 805 g/mol. The van der Waals surface area contributed by atoms with Crippen molar-refractivity contribution in [1.29, 1.82) is 0 Å². The van der Waals surface area contributed by atoms with Gasteiger partial charge in [0.05, 0.1) is 33.2 Å². The van der Waals surface area contributed by atoms with Crippen LogP contribution in [-0.4, -0.2) is 9.13 Å². The van der Waals surface area contributed by atoms with Crippen molar-refractivity contribution >= 4 is 66.1 Å². The maximum Gasteiger partial charge on any atom is 0.0736 e. The summed E-state index contributed by atoms with van der Waals surface area (Å²) in [6.45, 7) is 0. The van der Waals surface area contributed by atoms with Gasteiger partial charge in [-0.2, -0.15) is 0 Å². The fourth-order valence-corrected chi connectivity index (χ4v) is 12.5. The Kier molecular flexibility index (Phi) is 7.01. The maximum atomic E-state index is 2.55. The Morgan fingerprint density at radius 2 is 0.871 bits per heavy atom. The molecule has 0 unspecified atom stereocenters. The van der Waals surface area contributed by atoms with Crippen LogP contribution in [0, 0.1) is 0 Å². The predicted molar refractivity (Wildman–Crippen MR) is 259 cm³/mol. The van der Waals surface area contributed by atoms with Crippen molar-refractivity contribution in [2.75, 3.05) is 0 Å². The first-order valence-electron chi connectivity index (χ1n) is 21.4. The minimum Gasteiger partial charge on any atom is -0.309 e. The minimum atomic E-state index is -0.450. The van der Waals surface area contributed by atoms with Gasteiger partial charge in [0.25, 0.3) is 0 Å². The van der Waals surface area contributed by atoms with Crippen LogP contribution in [0.25, 0.3) is 88.0 Å². The number of rotatable bonds is 3. The van der Waals surface area contributed by atoms with E-state index < -0.39 is 5.41 Å². The molecule has 10 aromatic carbocycles. The first-order chi connectivity index (χ1) is 30.8. The molecule has 0 radical (unpaired) electrons. The van der Waals surface area contributed by atoms with Crippen LogP contribution >= 0.6 is 11.8 Å². The Hall–Kier alpha value is -7.59. The van der Waals surface area contributed by atoms with Crippen molar-refractivity contribution in [3.63, 3.8) is 0 Å². The SMILES string of the molecule is c1ccc(-n2c3ccccc3c3cc(-c4ccc(-n5c6ccccc6c6cc7c(cc65)C5(c6ccccc6Sc6ccccc65)c5ccccc5-7)c5ccccc45)ccc32)cc1. The second kappa shape index (κ2) is 12.7. The molecule has 288 valence electrons. The number of nitrogens with zero attached hydrogens (tertiary/aromatic N) is 2. The number of hydrogen-bond acceptors (Lipinski definition) is 1. The van der Waals surface area contributed by atoms with Gasteiger partial charge in [0, 0.05) is 42.4 Å². The summed E-state index contributed by atoms with van der Waals surface area (Å²) in [5.41, 5.74) is 17.2. The Balaban J connectivity index is 1.03. The third-order valence-electron chi connectivity index (χ3n) is 13.8. The summed E-state index contributed by atoms with van der Waals surface area (Å²) >= 11 is 1.90. The maximum absolute atomic E-state index is 2.55. The van der Waals surface area contributed by atoms with E-state index in [9.17, 15) is 0 Å². The van der Waals surface area contributed by atoms with Crippen molar-refractivity contribution in [3.05, 3.63) is 241 Å². The van der Waals surface area contributed by atoms with Crippen LogP contribution in [0.3, 0.4) is 0 Å². The molecule has 2 aromatic heterocycles. The average Bonchev–Trinajstić information content (AvgIpc) is 3.94. The Labute approximate surface area is 362 Å². The van der Waals surface area contributed by atoms with Crippen molar-refractivity contribution in [2.24, 2.45) is 0 Å². The van der Waals surface area contributed by atoms with Crippen LogP contribution in [0.5, 0.6) is 0 Å². The van der Waals surface area contributed by atoms with Gasteiger partial charge in [0.1, 0.15) is 0 Å². The van der Waals surface area contributed by atoms with Gasteiger partial charge >= 0.3 is 0 Å². The van der Waals surface area contributed by atoms with Crippen molar-refractivity contribution < 1.29 is 0 Å². The molecule has 0 N–H and O–H groups in total. The quantitative estimate of drug-likeness (QED) is 0.173. The van der Waals surface area contributed by atoms with Gasteiger partial charge in [-0.3, -0.25) is 0 Å². The molecule has 62 heavy (non-hydrogen) atoms.